The van der Waals surface area contributed by atoms with E-state index in [0.717, 1.165) is 5.56 Å². The predicted octanol–water partition coefficient (Wildman–Crippen LogP) is 1.26. The van der Waals surface area contributed by atoms with Crippen molar-refractivity contribution in [3.8, 4) is 0 Å². The number of thioether (sulfide) groups is 1. The topological polar surface area (TPSA) is 75.6 Å². The van der Waals surface area contributed by atoms with Gasteiger partial charge in [0.05, 0.1) is 18.0 Å². The fourth-order valence-corrected chi connectivity index (χ4v) is 2.98. The van der Waals surface area contributed by atoms with Gasteiger partial charge in [-0.2, -0.15) is 0 Å². The summed E-state index contributed by atoms with van der Waals surface area (Å²) in [6.45, 7) is 0. The summed E-state index contributed by atoms with van der Waals surface area (Å²) in [4.78, 5) is 22.3. The van der Waals surface area contributed by atoms with Gasteiger partial charge in [0.25, 0.3) is 0 Å². The van der Waals surface area contributed by atoms with Crippen LogP contribution in [0.5, 0.6) is 0 Å². The van der Waals surface area contributed by atoms with Crippen LogP contribution in [0.3, 0.4) is 0 Å². The second-order valence-corrected chi connectivity index (χ2v) is 5.03. The molecule has 0 aromatic heterocycles. The van der Waals surface area contributed by atoms with Gasteiger partial charge in [-0.15, -0.1) is 11.8 Å². The standard InChI is InChI=1S/C12H13NO4S/c1-17-12(16)8-4-2-3-7(5-8)10-13-9(6-18-10)11(14)15/h2-5,9-10,13H,6H2,1H3,(H,14,15)/t9?,10-/m1/s1. The molecular weight excluding hydrogens is 254 g/mol. The number of aliphatic carboxylic acids is 1. The quantitative estimate of drug-likeness (QED) is 0.803. The van der Waals surface area contributed by atoms with Crippen molar-refractivity contribution >= 4 is 23.7 Å². The van der Waals surface area contributed by atoms with Gasteiger partial charge in [-0.25, -0.2) is 4.79 Å². The average Bonchev–Trinajstić information content (AvgIpc) is 2.88. The summed E-state index contributed by atoms with van der Waals surface area (Å²) in [7, 11) is 1.33. The summed E-state index contributed by atoms with van der Waals surface area (Å²) < 4.78 is 4.65. The third kappa shape index (κ3) is 2.65. The van der Waals surface area contributed by atoms with E-state index in [4.69, 9.17) is 5.11 Å². The van der Waals surface area contributed by atoms with Crippen LogP contribution in [0.15, 0.2) is 24.3 Å². The molecule has 0 aliphatic carbocycles. The van der Waals surface area contributed by atoms with E-state index in [9.17, 15) is 9.59 Å². The number of esters is 1. The average molecular weight is 267 g/mol. The first-order valence-corrected chi connectivity index (χ1v) is 6.45. The van der Waals surface area contributed by atoms with Crippen molar-refractivity contribution in [2.45, 2.75) is 11.4 Å². The van der Waals surface area contributed by atoms with Crippen LogP contribution in [0.1, 0.15) is 21.3 Å². The Labute approximate surface area is 109 Å². The van der Waals surface area contributed by atoms with E-state index in [-0.39, 0.29) is 5.37 Å². The molecule has 1 aromatic rings. The van der Waals surface area contributed by atoms with E-state index in [1.807, 2.05) is 6.07 Å². The normalized spacial score (nSPS) is 22.7. The van der Waals surface area contributed by atoms with Crippen LogP contribution >= 0.6 is 11.8 Å². The van der Waals surface area contributed by atoms with Gasteiger partial charge >= 0.3 is 11.9 Å². The molecule has 0 amide bonds. The molecule has 2 atom stereocenters. The first-order chi connectivity index (χ1) is 8.61. The lowest BCUT2D eigenvalue weighted by Crippen LogP contribution is -2.33. The van der Waals surface area contributed by atoms with Gasteiger partial charge in [0.2, 0.25) is 0 Å². The Bertz CT molecular complexity index is 477. The smallest absolute Gasteiger partial charge is 0.337 e. The minimum atomic E-state index is -0.853. The van der Waals surface area contributed by atoms with Gasteiger partial charge in [-0.05, 0) is 17.7 Å². The van der Waals surface area contributed by atoms with Crippen molar-refractivity contribution in [1.82, 2.24) is 5.32 Å². The Morgan fingerprint density at radius 2 is 2.28 bits per heavy atom. The van der Waals surface area contributed by atoms with Gasteiger partial charge in [-0.1, -0.05) is 12.1 Å². The first-order valence-electron chi connectivity index (χ1n) is 5.40. The highest BCUT2D eigenvalue weighted by Crippen LogP contribution is 2.33. The fourth-order valence-electron chi connectivity index (χ4n) is 1.75. The summed E-state index contributed by atoms with van der Waals surface area (Å²) in [6.07, 6.45) is 0. The predicted molar refractivity (Wildman–Crippen MR) is 67.5 cm³/mol. The lowest BCUT2D eigenvalue weighted by Gasteiger charge is -2.12. The SMILES string of the molecule is COC(=O)c1cccc([C@@H]2NC(C(=O)O)CS2)c1. The number of ether oxygens (including phenoxy) is 1. The molecule has 1 fully saturated rings. The van der Waals surface area contributed by atoms with Crippen LogP contribution in [0.2, 0.25) is 0 Å². The summed E-state index contributed by atoms with van der Waals surface area (Å²) in [6, 6.07) is 6.48. The maximum absolute atomic E-state index is 11.4. The Kier molecular flexibility index (Phi) is 3.88. The van der Waals surface area contributed by atoms with Crippen LogP contribution in [-0.4, -0.2) is 35.9 Å². The molecule has 1 saturated heterocycles. The largest absolute Gasteiger partial charge is 0.480 e. The number of benzene rings is 1. The third-order valence-corrected chi connectivity index (χ3v) is 3.96. The van der Waals surface area contributed by atoms with Crippen molar-refractivity contribution in [3.63, 3.8) is 0 Å². The van der Waals surface area contributed by atoms with Gasteiger partial charge in [0.1, 0.15) is 6.04 Å². The molecule has 6 heteroatoms. The molecule has 2 N–H and O–H groups in total. The number of carbonyl (C=O) groups excluding carboxylic acids is 1. The number of methoxy groups -OCH3 is 1. The van der Waals surface area contributed by atoms with Crippen molar-refractivity contribution in [1.29, 1.82) is 0 Å². The molecular formula is C12H13NO4S. The maximum Gasteiger partial charge on any atom is 0.337 e. The van der Waals surface area contributed by atoms with Gasteiger partial charge in [0.15, 0.2) is 0 Å². The van der Waals surface area contributed by atoms with Crippen LogP contribution in [0.4, 0.5) is 0 Å². The summed E-state index contributed by atoms with van der Waals surface area (Å²) in [5.74, 6) is -0.730. The highest BCUT2D eigenvalue weighted by molar-refractivity contribution is 7.99. The van der Waals surface area contributed by atoms with Crippen molar-refractivity contribution in [2.75, 3.05) is 12.9 Å². The van der Waals surface area contributed by atoms with E-state index in [1.165, 1.54) is 18.9 Å². The van der Waals surface area contributed by atoms with E-state index in [1.54, 1.807) is 18.2 Å². The number of carboxylic acids is 1. The molecule has 5 nitrogen and oxygen atoms in total. The summed E-state index contributed by atoms with van der Waals surface area (Å²) >= 11 is 1.52. The number of rotatable bonds is 3. The molecule has 1 aliphatic heterocycles. The number of carbonyl (C=O) groups is 2. The number of carboxylic acid groups (broad SMARTS) is 1. The third-order valence-electron chi connectivity index (χ3n) is 2.69. The lowest BCUT2D eigenvalue weighted by atomic mass is 10.1. The second-order valence-electron chi connectivity index (χ2n) is 3.89. The molecule has 1 unspecified atom stereocenters. The van der Waals surface area contributed by atoms with E-state index in [2.05, 4.69) is 10.1 Å². The highest BCUT2D eigenvalue weighted by Gasteiger charge is 2.30. The minimum absolute atomic E-state index is 0.101. The number of nitrogens with one attached hydrogen (secondary N) is 1. The highest BCUT2D eigenvalue weighted by atomic mass is 32.2. The zero-order valence-electron chi connectivity index (χ0n) is 9.75. The molecule has 2 rings (SSSR count). The van der Waals surface area contributed by atoms with Crippen LogP contribution in [0.25, 0.3) is 0 Å². The van der Waals surface area contributed by atoms with E-state index < -0.39 is 18.0 Å². The van der Waals surface area contributed by atoms with Crippen molar-refractivity contribution < 1.29 is 19.4 Å². The van der Waals surface area contributed by atoms with E-state index >= 15 is 0 Å². The van der Waals surface area contributed by atoms with Crippen LogP contribution in [-0.2, 0) is 9.53 Å². The molecule has 0 saturated carbocycles. The Morgan fingerprint density at radius 1 is 1.50 bits per heavy atom. The molecule has 96 valence electrons. The summed E-state index contributed by atoms with van der Waals surface area (Å²) in [5.41, 5.74) is 1.35. The first kappa shape index (κ1) is 12.9. The number of hydrogen-bond donors (Lipinski definition) is 2. The molecule has 18 heavy (non-hydrogen) atoms. The zero-order valence-corrected chi connectivity index (χ0v) is 10.6. The molecule has 0 spiro atoms. The zero-order chi connectivity index (χ0) is 13.1. The Hall–Kier alpha value is -1.53. The minimum Gasteiger partial charge on any atom is -0.480 e. The van der Waals surface area contributed by atoms with Gasteiger partial charge < -0.3 is 9.84 Å². The van der Waals surface area contributed by atoms with Crippen molar-refractivity contribution in [2.24, 2.45) is 0 Å². The maximum atomic E-state index is 11.4. The molecule has 1 aromatic carbocycles. The fraction of sp³-hybridized carbons (Fsp3) is 0.333. The number of hydrogen-bond acceptors (Lipinski definition) is 5. The van der Waals surface area contributed by atoms with Crippen LogP contribution in [0, 0.1) is 0 Å². The Balaban J connectivity index is 2.15. The molecule has 0 radical (unpaired) electrons. The second kappa shape index (κ2) is 5.41. The summed E-state index contributed by atoms with van der Waals surface area (Å²) in [5, 5.41) is 11.8. The Morgan fingerprint density at radius 3 is 2.89 bits per heavy atom. The molecule has 1 aliphatic rings. The molecule has 0 bridgehead atoms. The van der Waals surface area contributed by atoms with Crippen molar-refractivity contribution in [3.05, 3.63) is 35.4 Å². The lowest BCUT2D eigenvalue weighted by molar-refractivity contribution is -0.138. The molecule has 1 heterocycles. The van der Waals surface area contributed by atoms with Gasteiger partial charge in [0, 0.05) is 5.75 Å². The van der Waals surface area contributed by atoms with E-state index in [0.29, 0.717) is 11.3 Å². The monoisotopic (exact) mass is 267 g/mol. The van der Waals surface area contributed by atoms with Crippen LogP contribution < -0.4 is 5.32 Å². The van der Waals surface area contributed by atoms with Gasteiger partial charge in [-0.3, -0.25) is 10.1 Å².